The van der Waals surface area contributed by atoms with Gasteiger partial charge in [-0.1, -0.05) is 18.2 Å². The molecule has 1 heterocycles. The van der Waals surface area contributed by atoms with Gasteiger partial charge in [0, 0.05) is 0 Å². The lowest BCUT2D eigenvalue weighted by Gasteiger charge is -2.36. The highest BCUT2D eigenvalue weighted by Crippen LogP contribution is 2.33. The first kappa shape index (κ1) is 22.1. The van der Waals surface area contributed by atoms with Gasteiger partial charge in [0.25, 0.3) is 17.6 Å². The van der Waals surface area contributed by atoms with E-state index in [0.717, 1.165) is 24.3 Å². The number of hydrogen-bond acceptors (Lipinski definition) is 6. The van der Waals surface area contributed by atoms with Crippen LogP contribution in [0.2, 0.25) is 0 Å². The molecule has 1 aliphatic heterocycles. The molecule has 2 N–H and O–H groups in total. The predicted molar refractivity (Wildman–Crippen MR) is 99.2 cm³/mol. The molecule has 4 amide bonds. The minimum Gasteiger partial charge on any atom is -0.288 e. The van der Waals surface area contributed by atoms with Crippen LogP contribution in [0.5, 0.6) is 0 Å². The quantitative estimate of drug-likeness (QED) is 0.696. The van der Waals surface area contributed by atoms with E-state index in [1.54, 1.807) is 0 Å². The Labute approximate surface area is 172 Å². The summed E-state index contributed by atoms with van der Waals surface area (Å²) >= 11 is 0. The molecule has 0 aromatic heterocycles. The summed E-state index contributed by atoms with van der Waals surface area (Å²) in [7, 11) is -4.14. The summed E-state index contributed by atoms with van der Waals surface area (Å²) in [6.45, 7) is 0. The number of alkyl halides is 3. The third-order valence-corrected chi connectivity index (χ3v) is 5.23. The lowest BCUT2D eigenvalue weighted by atomic mass is 9.96. The second-order valence-electron chi connectivity index (χ2n) is 6.30. The maximum absolute atomic E-state index is 13.1. The van der Waals surface area contributed by atoms with Crippen molar-refractivity contribution in [3.8, 4) is 0 Å². The fraction of sp³-hybridized carbons (Fsp3) is 0.111. The third-order valence-electron chi connectivity index (χ3n) is 4.30. The fourth-order valence-corrected chi connectivity index (χ4v) is 3.39. The molecular weight excluding hydrogens is 443 g/mol. The zero-order valence-corrected chi connectivity index (χ0v) is 16.1. The maximum Gasteiger partial charge on any atom is 0.451 e. The molecule has 0 saturated carbocycles. The summed E-state index contributed by atoms with van der Waals surface area (Å²) in [6, 6.07) is 9.09. The molecule has 0 bridgehead atoms. The number of benzene rings is 2. The van der Waals surface area contributed by atoms with Crippen molar-refractivity contribution in [2.24, 2.45) is 11.1 Å². The molecule has 1 atom stereocenters. The number of nitrogens with two attached hydrogens (primary N) is 1. The normalized spacial score (nSPS) is 17.8. The van der Waals surface area contributed by atoms with Crippen LogP contribution < -0.4 is 14.9 Å². The van der Waals surface area contributed by atoms with Gasteiger partial charge in [-0.2, -0.15) is 13.2 Å². The number of amides is 4. The van der Waals surface area contributed by atoms with Crippen LogP contribution in [0.4, 0.5) is 29.3 Å². The summed E-state index contributed by atoms with van der Waals surface area (Å²) in [5, 5.41) is 4.97. The van der Waals surface area contributed by atoms with Crippen molar-refractivity contribution in [2.45, 2.75) is 11.1 Å². The van der Waals surface area contributed by atoms with E-state index in [-0.39, 0.29) is 21.2 Å². The first-order valence-electron chi connectivity index (χ1n) is 8.35. The van der Waals surface area contributed by atoms with E-state index >= 15 is 0 Å². The van der Waals surface area contributed by atoms with Crippen molar-refractivity contribution in [1.82, 2.24) is 0 Å². The van der Waals surface area contributed by atoms with Crippen LogP contribution in [0.1, 0.15) is 0 Å². The van der Waals surface area contributed by atoms with Gasteiger partial charge in [0.05, 0.1) is 16.3 Å². The van der Waals surface area contributed by atoms with Crippen molar-refractivity contribution in [2.75, 3.05) is 9.80 Å². The Kier molecular flexibility index (Phi) is 5.42. The van der Waals surface area contributed by atoms with Crippen LogP contribution in [-0.2, 0) is 24.4 Å². The van der Waals surface area contributed by atoms with E-state index in [2.05, 4.69) is 0 Å². The Balaban J connectivity index is 2.15. The Morgan fingerprint density at radius 3 is 1.71 bits per heavy atom. The smallest absolute Gasteiger partial charge is 0.288 e. The number of nitrogens with zero attached hydrogens (tertiary/aromatic N) is 2. The number of halogens is 3. The molecule has 1 aliphatic rings. The number of urea groups is 1. The molecule has 1 unspecified atom stereocenters. The molecule has 0 aliphatic carbocycles. The van der Waals surface area contributed by atoms with Crippen LogP contribution in [0.3, 0.4) is 0 Å². The molecule has 162 valence electrons. The number of rotatable bonds is 4. The second-order valence-corrected chi connectivity index (χ2v) is 7.86. The Hall–Kier alpha value is -3.58. The standard InChI is InChI=1S/C18H12F3N3O6S/c19-18(20,21)14(25)13-15(26)23(10-4-2-1-3-5-10)17(28)24(16(13)27)11-6-8-12(9-7-11)31(22,29)30/h1-9,13H,(H2,22,29,30). The minimum atomic E-state index is -5.53. The van der Waals surface area contributed by atoms with Crippen LogP contribution in [0, 0.1) is 5.92 Å². The SMILES string of the molecule is NS(=O)(=O)c1ccc(N2C(=O)C(C(=O)C(F)(F)F)C(=O)N(c3ccccc3)C2=O)cc1. The number of carbonyl (C=O) groups excluding carboxylic acids is 4. The number of anilines is 2. The number of carbonyl (C=O) groups is 4. The fourth-order valence-electron chi connectivity index (χ4n) is 2.88. The number of imide groups is 2. The molecule has 31 heavy (non-hydrogen) atoms. The Morgan fingerprint density at radius 1 is 0.839 bits per heavy atom. The zero-order chi connectivity index (χ0) is 23.1. The van der Waals surface area contributed by atoms with Gasteiger partial charge in [-0.15, -0.1) is 0 Å². The number of primary sulfonamides is 1. The average molecular weight is 455 g/mol. The van der Waals surface area contributed by atoms with Gasteiger partial charge >= 0.3 is 12.2 Å². The van der Waals surface area contributed by atoms with Gasteiger partial charge in [0.1, 0.15) is 0 Å². The van der Waals surface area contributed by atoms with Gasteiger partial charge in [-0.25, -0.2) is 28.2 Å². The molecule has 1 fully saturated rings. The molecule has 0 radical (unpaired) electrons. The zero-order valence-electron chi connectivity index (χ0n) is 15.2. The van der Waals surface area contributed by atoms with Crippen molar-refractivity contribution >= 4 is 45.0 Å². The lowest BCUT2D eigenvalue weighted by Crippen LogP contribution is -2.63. The third kappa shape index (κ3) is 4.04. The number of ketones is 1. The summed E-state index contributed by atoms with van der Waals surface area (Å²) in [5.74, 6) is -8.85. The molecule has 2 aromatic carbocycles. The van der Waals surface area contributed by atoms with Gasteiger partial charge < -0.3 is 0 Å². The molecule has 13 heteroatoms. The van der Waals surface area contributed by atoms with Crippen LogP contribution in [-0.4, -0.2) is 38.2 Å². The Bertz CT molecular complexity index is 1180. The molecule has 3 rings (SSSR count). The molecular formula is C18H12F3N3O6S. The number of hydrogen-bond donors (Lipinski definition) is 1. The molecule has 1 saturated heterocycles. The molecule has 9 nitrogen and oxygen atoms in total. The van der Waals surface area contributed by atoms with Crippen molar-refractivity contribution in [1.29, 1.82) is 0 Å². The van der Waals surface area contributed by atoms with Crippen molar-refractivity contribution in [3.63, 3.8) is 0 Å². The Morgan fingerprint density at radius 2 is 1.29 bits per heavy atom. The largest absolute Gasteiger partial charge is 0.451 e. The minimum absolute atomic E-state index is 0.170. The highest BCUT2D eigenvalue weighted by Gasteiger charge is 2.57. The monoisotopic (exact) mass is 455 g/mol. The van der Waals surface area contributed by atoms with Gasteiger partial charge in [-0.3, -0.25) is 14.4 Å². The number of sulfonamides is 1. The van der Waals surface area contributed by atoms with E-state index in [1.165, 1.54) is 30.3 Å². The summed E-state index contributed by atoms with van der Waals surface area (Å²) in [5.41, 5.74) is -0.535. The van der Waals surface area contributed by atoms with E-state index in [0.29, 0.717) is 0 Å². The highest BCUT2D eigenvalue weighted by atomic mass is 32.2. The van der Waals surface area contributed by atoms with Crippen LogP contribution in [0.15, 0.2) is 59.5 Å². The van der Waals surface area contributed by atoms with Crippen LogP contribution >= 0.6 is 0 Å². The highest BCUT2D eigenvalue weighted by molar-refractivity contribution is 7.89. The van der Waals surface area contributed by atoms with Gasteiger partial charge in [-0.05, 0) is 36.4 Å². The number of para-hydroxylation sites is 1. The first-order chi connectivity index (χ1) is 14.3. The second kappa shape index (κ2) is 7.59. The van der Waals surface area contributed by atoms with Crippen molar-refractivity contribution in [3.05, 3.63) is 54.6 Å². The molecule has 2 aromatic rings. The van der Waals surface area contributed by atoms with Crippen molar-refractivity contribution < 1.29 is 40.8 Å². The summed E-state index contributed by atoms with van der Waals surface area (Å²) in [6.07, 6.45) is -5.53. The van der Waals surface area contributed by atoms with E-state index in [9.17, 15) is 40.8 Å². The van der Waals surface area contributed by atoms with Gasteiger partial charge in [0.2, 0.25) is 10.0 Å². The summed E-state index contributed by atoms with van der Waals surface area (Å²) < 4.78 is 62.0. The first-order valence-corrected chi connectivity index (χ1v) is 9.89. The number of barbiturate groups is 1. The van der Waals surface area contributed by atoms with E-state index in [4.69, 9.17) is 5.14 Å². The number of Topliss-reactive ketones (excluding diaryl/α,β-unsaturated/α-hetero) is 1. The average Bonchev–Trinajstić information content (AvgIpc) is 2.67. The predicted octanol–water partition coefficient (Wildman–Crippen LogP) is 1.58. The summed E-state index contributed by atoms with van der Waals surface area (Å²) in [4.78, 5) is 50.2. The van der Waals surface area contributed by atoms with E-state index < -0.39 is 50.6 Å². The van der Waals surface area contributed by atoms with E-state index in [1.807, 2.05) is 0 Å². The lowest BCUT2D eigenvalue weighted by molar-refractivity contribution is -0.177. The topological polar surface area (TPSA) is 135 Å². The van der Waals surface area contributed by atoms with Crippen LogP contribution in [0.25, 0.3) is 0 Å². The van der Waals surface area contributed by atoms with Gasteiger partial charge in [0.15, 0.2) is 5.92 Å². The maximum atomic E-state index is 13.1. The molecule has 0 spiro atoms.